The summed E-state index contributed by atoms with van der Waals surface area (Å²) < 4.78 is 0. The van der Waals surface area contributed by atoms with E-state index in [0.29, 0.717) is 32.4 Å². The number of carbonyl (C=O) groups is 2. The van der Waals surface area contributed by atoms with Crippen molar-refractivity contribution in [2.24, 2.45) is 4.99 Å². The molecule has 3 rings (SSSR count). The van der Waals surface area contributed by atoms with Gasteiger partial charge in [-0.1, -0.05) is 43.2 Å². The number of hydrogen-bond donors (Lipinski definition) is 2. The Bertz CT molecular complexity index is 686. The van der Waals surface area contributed by atoms with Crippen LogP contribution in [-0.2, 0) is 15.0 Å². The van der Waals surface area contributed by atoms with Gasteiger partial charge in [-0.25, -0.2) is 0 Å². The zero-order chi connectivity index (χ0) is 19.8. The highest BCUT2D eigenvalue weighted by molar-refractivity contribution is 14.0. The molecule has 1 saturated carbocycles. The van der Waals surface area contributed by atoms with Crippen molar-refractivity contribution in [1.82, 2.24) is 15.5 Å². The molecule has 29 heavy (non-hydrogen) atoms. The predicted octanol–water partition coefficient (Wildman–Crippen LogP) is 3.21. The standard InChI is InChI=1S/C22H32N4O2.HI/c1-2-23-21(24-15-16-26-19(27)11-8-12-20(26)28)25-17-22(13-6-7-14-22)18-9-4-3-5-10-18;/h3-5,9-10H,2,6-8,11-17H2,1H3,(H2,23,24,25);1H. The third-order valence-corrected chi connectivity index (χ3v) is 5.84. The Labute approximate surface area is 190 Å². The summed E-state index contributed by atoms with van der Waals surface area (Å²) in [4.78, 5) is 30.1. The number of rotatable bonds is 7. The molecule has 0 atom stereocenters. The molecular formula is C22H33IN4O2. The zero-order valence-corrected chi connectivity index (χ0v) is 19.6. The highest BCUT2D eigenvalue weighted by atomic mass is 127. The number of benzene rings is 1. The van der Waals surface area contributed by atoms with E-state index in [1.165, 1.54) is 23.3 Å². The summed E-state index contributed by atoms with van der Waals surface area (Å²) in [6.45, 7) is 4.46. The van der Waals surface area contributed by atoms with Gasteiger partial charge in [0.1, 0.15) is 0 Å². The quantitative estimate of drug-likeness (QED) is 0.255. The zero-order valence-electron chi connectivity index (χ0n) is 17.3. The maximum absolute atomic E-state index is 11.9. The lowest BCUT2D eigenvalue weighted by atomic mass is 9.79. The molecule has 1 aliphatic carbocycles. The number of carbonyl (C=O) groups excluding carboxylic acids is 2. The van der Waals surface area contributed by atoms with E-state index in [0.717, 1.165) is 31.9 Å². The van der Waals surface area contributed by atoms with Gasteiger partial charge in [0, 0.05) is 37.9 Å². The monoisotopic (exact) mass is 512 g/mol. The van der Waals surface area contributed by atoms with Crippen molar-refractivity contribution in [3.05, 3.63) is 35.9 Å². The van der Waals surface area contributed by atoms with Crippen LogP contribution < -0.4 is 10.6 Å². The largest absolute Gasteiger partial charge is 0.357 e. The lowest BCUT2D eigenvalue weighted by molar-refractivity contribution is -0.147. The Balaban J connectivity index is 0.00000300. The summed E-state index contributed by atoms with van der Waals surface area (Å²) in [7, 11) is 0. The first kappa shape index (κ1) is 23.6. The fourth-order valence-corrected chi connectivity index (χ4v) is 4.29. The SMILES string of the molecule is CCNC(=NCC1(c2ccccc2)CCCC1)NCCN1C(=O)CCCC1=O.I. The first-order valence-corrected chi connectivity index (χ1v) is 10.6. The van der Waals surface area contributed by atoms with E-state index >= 15 is 0 Å². The molecule has 0 bridgehead atoms. The van der Waals surface area contributed by atoms with Crippen LogP contribution in [0.25, 0.3) is 0 Å². The fraction of sp³-hybridized carbons (Fsp3) is 0.591. The van der Waals surface area contributed by atoms with Crippen LogP contribution in [0.15, 0.2) is 35.3 Å². The Hall–Kier alpha value is -1.64. The molecular weight excluding hydrogens is 479 g/mol. The lowest BCUT2D eigenvalue weighted by Gasteiger charge is -2.28. The molecule has 1 saturated heterocycles. The second kappa shape index (κ2) is 11.5. The maximum atomic E-state index is 11.9. The second-order valence-corrected chi connectivity index (χ2v) is 7.77. The Morgan fingerprint density at radius 2 is 1.69 bits per heavy atom. The number of imide groups is 1. The minimum atomic E-state index is -0.0611. The molecule has 160 valence electrons. The van der Waals surface area contributed by atoms with Gasteiger partial charge in [0.05, 0.1) is 6.54 Å². The molecule has 2 N–H and O–H groups in total. The van der Waals surface area contributed by atoms with Crippen molar-refractivity contribution in [3.63, 3.8) is 0 Å². The Morgan fingerprint density at radius 3 is 2.31 bits per heavy atom. The third kappa shape index (κ3) is 6.17. The third-order valence-electron chi connectivity index (χ3n) is 5.84. The van der Waals surface area contributed by atoms with Crippen molar-refractivity contribution < 1.29 is 9.59 Å². The van der Waals surface area contributed by atoms with Gasteiger partial charge in [-0.2, -0.15) is 0 Å². The molecule has 6 nitrogen and oxygen atoms in total. The van der Waals surface area contributed by atoms with E-state index < -0.39 is 0 Å². The maximum Gasteiger partial charge on any atom is 0.229 e. The van der Waals surface area contributed by atoms with Crippen LogP contribution in [0.4, 0.5) is 0 Å². The van der Waals surface area contributed by atoms with Gasteiger partial charge < -0.3 is 10.6 Å². The van der Waals surface area contributed by atoms with Crippen LogP contribution in [0, 0.1) is 0 Å². The fourth-order valence-electron chi connectivity index (χ4n) is 4.29. The summed E-state index contributed by atoms with van der Waals surface area (Å²) in [6, 6.07) is 10.7. The number of amides is 2. The van der Waals surface area contributed by atoms with Crippen molar-refractivity contribution in [3.8, 4) is 0 Å². The van der Waals surface area contributed by atoms with Gasteiger partial charge in [0.15, 0.2) is 5.96 Å². The van der Waals surface area contributed by atoms with E-state index in [1.54, 1.807) is 0 Å². The van der Waals surface area contributed by atoms with E-state index in [4.69, 9.17) is 4.99 Å². The highest BCUT2D eigenvalue weighted by Gasteiger charge is 2.35. The summed E-state index contributed by atoms with van der Waals surface area (Å²) in [5.74, 6) is 0.629. The highest BCUT2D eigenvalue weighted by Crippen LogP contribution is 2.41. The Morgan fingerprint density at radius 1 is 1.03 bits per heavy atom. The lowest BCUT2D eigenvalue weighted by Crippen LogP contribution is -2.46. The van der Waals surface area contributed by atoms with Gasteiger partial charge in [-0.15, -0.1) is 24.0 Å². The van der Waals surface area contributed by atoms with Crippen LogP contribution in [-0.4, -0.2) is 48.9 Å². The number of piperidine rings is 1. The van der Waals surface area contributed by atoms with Crippen LogP contribution in [0.2, 0.25) is 0 Å². The van der Waals surface area contributed by atoms with Gasteiger partial charge in [0.25, 0.3) is 0 Å². The van der Waals surface area contributed by atoms with Crippen LogP contribution in [0.5, 0.6) is 0 Å². The minimum absolute atomic E-state index is 0. The number of hydrogen-bond acceptors (Lipinski definition) is 3. The summed E-state index contributed by atoms with van der Waals surface area (Å²) in [5, 5.41) is 6.58. The van der Waals surface area contributed by atoms with Crippen LogP contribution in [0.3, 0.4) is 0 Å². The molecule has 2 fully saturated rings. The molecule has 0 unspecified atom stereocenters. The average molecular weight is 512 g/mol. The predicted molar refractivity (Wildman–Crippen MR) is 127 cm³/mol. The van der Waals surface area contributed by atoms with Crippen molar-refractivity contribution in [2.75, 3.05) is 26.2 Å². The number of nitrogens with one attached hydrogen (secondary N) is 2. The number of aliphatic imine (C=N–C) groups is 1. The number of likely N-dealkylation sites (tertiary alicyclic amines) is 1. The summed E-state index contributed by atoms with van der Waals surface area (Å²) in [6.07, 6.45) is 6.43. The molecule has 2 amide bonds. The summed E-state index contributed by atoms with van der Waals surface area (Å²) in [5.41, 5.74) is 1.49. The number of guanidine groups is 1. The van der Waals surface area contributed by atoms with E-state index in [-0.39, 0.29) is 41.2 Å². The minimum Gasteiger partial charge on any atom is -0.357 e. The van der Waals surface area contributed by atoms with Gasteiger partial charge >= 0.3 is 0 Å². The first-order valence-electron chi connectivity index (χ1n) is 10.6. The van der Waals surface area contributed by atoms with Crippen molar-refractivity contribution in [2.45, 2.75) is 57.3 Å². The number of halogens is 1. The topological polar surface area (TPSA) is 73.8 Å². The molecule has 0 spiro atoms. The van der Waals surface area contributed by atoms with Gasteiger partial charge in [-0.3, -0.25) is 19.5 Å². The van der Waals surface area contributed by atoms with Crippen molar-refractivity contribution in [1.29, 1.82) is 0 Å². The number of nitrogens with zero attached hydrogens (tertiary/aromatic N) is 2. The molecule has 1 aliphatic heterocycles. The molecule has 1 aromatic rings. The Kier molecular flexibility index (Phi) is 9.39. The first-order chi connectivity index (χ1) is 13.6. The van der Waals surface area contributed by atoms with Crippen LogP contribution in [0.1, 0.15) is 57.4 Å². The smallest absolute Gasteiger partial charge is 0.229 e. The second-order valence-electron chi connectivity index (χ2n) is 7.77. The van der Waals surface area contributed by atoms with E-state index in [9.17, 15) is 9.59 Å². The average Bonchev–Trinajstić information content (AvgIpc) is 3.19. The van der Waals surface area contributed by atoms with E-state index in [1.807, 2.05) is 6.92 Å². The normalized spacial score (nSPS) is 19.1. The molecule has 0 aromatic heterocycles. The molecule has 0 radical (unpaired) electrons. The van der Waals surface area contributed by atoms with Crippen LogP contribution >= 0.6 is 24.0 Å². The summed E-state index contributed by atoms with van der Waals surface area (Å²) >= 11 is 0. The molecule has 2 aliphatic rings. The molecule has 1 heterocycles. The van der Waals surface area contributed by atoms with Gasteiger partial charge in [0.2, 0.25) is 11.8 Å². The molecule has 7 heteroatoms. The van der Waals surface area contributed by atoms with Gasteiger partial charge in [-0.05, 0) is 31.7 Å². The van der Waals surface area contributed by atoms with Crippen molar-refractivity contribution >= 4 is 41.8 Å². The van der Waals surface area contributed by atoms with E-state index in [2.05, 4.69) is 41.0 Å². The molecule has 1 aromatic carbocycles.